The monoisotopic (exact) mass is 556 g/mol. The summed E-state index contributed by atoms with van der Waals surface area (Å²) in [7, 11) is 1.34. The van der Waals surface area contributed by atoms with E-state index in [1.165, 1.54) is 25.3 Å². The molecule has 5 rings (SSSR count). The van der Waals surface area contributed by atoms with Crippen LogP contribution in [0.1, 0.15) is 75.1 Å². The van der Waals surface area contributed by atoms with E-state index in [9.17, 15) is 40.0 Å². The summed E-state index contributed by atoms with van der Waals surface area (Å²) in [5.74, 6) is -4.02. The van der Waals surface area contributed by atoms with E-state index in [1.807, 2.05) is 5.48 Å². The van der Waals surface area contributed by atoms with Crippen molar-refractivity contribution in [1.29, 1.82) is 0 Å². The number of nitrogens with two attached hydrogens (primary N) is 1. The number of methoxy groups -OCH3 is 1. The minimum Gasteiger partial charge on any atom is -0.507 e. The molecule has 1 fully saturated rings. The number of aromatic hydroxyl groups is 2. The van der Waals surface area contributed by atoms with Crippen molar-refractivity contribution in [2.75, 3.05) is 13.7 Å². The van der Waals surface area contributed by atoms with E-state index in [2.05, 4.69) is 0 Å². The number of Topliss-reactive ketones (excluding diaryl/α,β-unsaturated/α-hetero) is 1. The third-order valence-corrected chi connectivity index (χ3v) is 8.54. The molecule has 1 heterocycles. The molecule has 0 saturated carbocycles. The number of nitrogens with one attached hydrogen (secondary N) is 1. The summed E-state index contributed by atoms with van der Waals surface area (Å²) in [5.41, 5.74) is 5.58. The molecule has 2 aliphatic carbocycles. The summed E-state index contributed by atoms with van der Waals surface area (Å²) in [5, 5.41) is 53.2. The molecule has 8 N–H and O–H groups in total. The number of aliphatic hydroxyl groups excluding tert-OH is 2. The number of fused-ring (bicyclic) bond motifs is 3. The molecule has 2 aromatic carbocycles. The van der Waals surface area contributed by atoms with Crippen LogP contribution in [0.3, 0.4) is 0 Å². The maximum atomic E-state index is 13.7. The van der Waals surface area contributed by atoms with Gasteiger partial charge in [-0.15, -0.1) is 0 Å². The summed E-state index contributed by atoms with van der Waals surface area (Å²) in [6.07, 6.45) is -2.22. The Morgan fingerprint density at radius 1 is 1.18 bits per heavy atom. The Balaban J connectivity index is 1.70. The number of aliphatic hydroxyl groups is 2. The zero-order valence-corrected chi connectivity index (χ0v) is 22.0. The van der Waals surface area contributed by atoms with Crippen LogP contribution < -0.4 is 16.0 Å². The first kappa shape index (κ1) is 28.1. The van der Waals surface area contributed by atoms with E-state index in [4.69, 9.17) is 15.2 Å². The first-order chi connectivity index (χ1) is 19.0. The number of carbonyl (C=O) groups is 3. The van der Waals surface area contributed by atoms with Gasteiger partial charge in [0.05, 0.1) is 42.1 Å². The zero-order chi connectivity index (χ0) is 29.1. The predicted octanol–water partition coefficient (Wildman–Crippen LogP) is 0.446. The summed E-state index contributed by atoms with van der Waals surface area (Å²) < 4.78 is 11.2. The molecular formula is C28H32N2O10. The van der Waals surface area contributed by atoms with Gasteiger partial charge in [-0.05, 0) is 38.2 Å². The van der Waals surface area contributed by atoms with Crippen LogP contribution in [-0.4, -0.2) is 86.6 Å². The molecule has 2 aromatic rings. The van der Waals surface area contributed by atoms with E-state index in [0.29, 0.717) is 0 Å². The van der Waals surface area contributed by atoms with Crippen molar-refractivity contribution in [2.45, 2.75) is 68.4 Å². The lowest BCUT2D eigenvalue weighted by Crippen LogP contribution is -2.57. The Morgan fingerprint density at radius 2 is 1.88 bits per heavy atom. The Kier molecular flexibility index (Phi) is 7.19. The minimum atomic E-state index is -1.77. The standard InChI is InChI=1S/C28H32N2O10/c1-11-23(33)16(29)7-13(40-11)6-12-8-28(30-38,18(32)10-31)9-15-19(12)26(36)22-21(25(15)35)24(34)14-4-3-5-17(39-2)20(14)27(22)37/h3-5,11-13,16,23,30-31,33,35-36,38H,6-10,29H2,1-2H3/t11?,12-,13?,16?,23?,28+/m0/s1. The van der Waals surface area contributed by atoms with E-state index in [0.717, 1.165) is 0 Å². The fourth-order valence-electron chi connectivity index (χ4n) is 6.55. The highest BCUT2D eigenvalue weighted by Gasteiger charge is 2.50. The van der Waals surface area contributed by atoms with Crippen molar-refractivity contribution < 1.29 is 49.5 Å². The minimum absolute atomic E-state index is 0.0171. The van der Waals surface area contributed by atoms with Gasteiger partial charge in [-0.25, -0.2) is 0 Å². The average molecular weight is 557 g/mol. The van der Waals surface area contributed by atoms with Crippen LogP contribution in [0.4, 0.5) is 0 Å². The zero-order valence-electron chi connectivity index (χ0n) is 22.0. The lowest BCUT2D eigenvalue weighted by molar-refractivity contribution is -0.136. The normalized spacial score (nSPS) is 29.4. The van der Waals surface area contributed by atoms with Crippen LogP contribution in [0.15, 0.2) is 18.2 Å². The van der Waals surface area contributed by atoms with Crippen LogP contribution >= 0.6 is 0 Å². The highest BCUT2D eigenvalue weighted by molar-refractivity contribution is 6.31. The molecule has 12 heteroatoms. The molecule has 0 spiro atoms. The van der Waals surface area contributed by atoms with Crippen molar-refractivity contribution in [3.63, 3.8) is 0 Å². The second-order valence-corrected chi connectivity index (χ2v) is 10.8. The Hall–Kier alpha value is -3.39. The van der Waals surface area contributed by atoms with Gasteiger partial charge in [0.15, 0.2) is 11.6 Å². The molecule has 4 unspecified atom stereocenters. The molecule has 0 aromatic heterocycles. The molecule has 0 bridgehead atoms. The fraction of sp³-hybridized carbons (Fsp3) is 0.464. The van der Waals surface area contributed by atoms with Crippen LogP contribution in [-0.2, 0) is 16.0 Å². The summed E-state index contributed by atoms with van der Waals surface area (Å²) in [6, 6.07) is 3.83. The molecule has 6 atom stereocenters. The van der Waals surface area contributed by atoms with Crippen molar-refractivity contribution in [3.05, 3.63) is 51.6 Å². The Morgan fingerprint density at radius 3 is 2.50 bits per heavy atom. The molecule has 1 saturated heterocycles. The summed E-state index contributed by atoms with van der Waals surface area (Å²) in [6.45, 7) is 0.737. The second kappa shape index (κ2) is 10.2. The van der Waals surface area contributed by atoms with Crippen molar-refractivity contribution >= 4 is 17.3 Å². The summed E-state index contributed by atoms with van der Waals surface area (Å²) in [4.78, 5) is 40.2. The van der Waals surface area contributed by atoms with Crippen molar-refractivity contribution in [1.82, 2.24) is 5.48 Å². The van der Waals surface area contributed by atoms with Crippen molar-refractivity contribution in [2.24, 2.45) is 5.73 Å². The topological polar surface area (TPSA) is 209 Å². The number of carbonyl (C=O) groups excluding carboxylic acids is 3. The first-order valence-electron chi connectivity index (χ1n) is 13.0. The number of benzene rings is 2. The number of hydroxylamine groups is 1. The van der Waals surface area contributed by atoms with Crippen LogP contribution in [0.2, 0.25) is 0 Å². The molecule has 12 nitrogen and oxygen atoms in total. The van der Waals surface area contributed by atoms with E-state index < -0.39 is 76.8 Å². The number of phenolic OH excluding ortho intramolecular Hbond substituents is 2. The predicted molar refractivity (Wildman–Crippen MR) is 138 cm³/mol. The van der Waals surface area contributed by atoms with Gasteiger partial charge in [-0.2, -0.15) is 5.48 Å². The summed E-state index contributed by atoms with van der Waals surface area (Å²) >= 11 is 0. The first-order valence-corrected chi connectivity index (χ1v) is 13.0. The average Bonchev–Trinajstić information content (AvgIpc) is 2.94. The number of phenols is 2. The third-order valence-electron chi connectivity index (χ3n) is 8.54. The quantitative estimate of drug-likeness (QED) is 0.163. The molecule has 214 valence electrons. The SMILES string of the molecule is COc1cccc2c1C(=O)c1c(O)c3c(c(O)c1C2=O)C[C@@](NO)(C(=O)CO)C[C@@H]3CC1CC(N)C(O)C(C)O1. The maximum absolute atomic E-state index is 13.7. The maximum Gasteiger partial charge on any atom is 0.202 e. The van der Waals surface area contributed by atoms with Gasteiger partial charge in [0, 0.05) is 29.2 Å². The number of hydrogen-bond acceptors (Lipinski definition) is 12. The number of ether oxygens (including phenoxy) is 2. The Labute approximate surface area is 229 Å². The lowest BCUT2D eigenvalue weighted by atomic mass is 9.66. The van der Waals surface area contributed by atoms with E-state index in [1.54, 1.807) is 6.92 Å². The van der Waals surface area contributed by atoms with Gasteiger partial charge in [0.2, 0.25) is 5.78 Å². The third kappa shape index (κ3) is 4.10. The number of hydrogen-bond donors (Lipinski definition) is 7. The second-order valence-electron chi connectivity index (χ2n) is 10.8. The molecule has 0 radical (unpaired) electrons. The van der Waals surface area contributed by atoms with E-state index >= 15 is 0 Å². The molecule has 1 aliphatic heterocycles. The fourth-order valence-corrected chi connectivity index (χ4v) is 6.55. The highest BCUT2D eigenvalue weighted by atomic mass is 16.5. The Bertz CT molecular complexity index is 1400. The van der Waals surface area contributed by atoms with E-state index in [-0.39, 0.29) is 59.3 Å². The van der Waals surface area contributed by atoms with Gasteiger partial charge in [0.1, 0.15) is 29.4 Å². The van der Waals surface area contributed by atoms with Gasteiger partial charge in [0.25, 0.3) is 0 Å². The molecule has 3 aliphatic rings. The highest BCUT2D eigenvalue weighted by Crippen LogP contribution is 2.53. The van der Waals surface area contributed by atoms with Crippen LogP contribution in [0.5, 0.6) is 17.2 Å². The largest absolute Gasteiger partial charge is 0.507 e. The molecular weight excluding hydrogens is 524 g/mol. The molecule has 40 heavy (non-hydrogen) atoms. The van der Waals surface area contributed by atoms with Crippen LogP contribution in [0.25, 0.3) is 0 Å². The lowest BCUT2D eigenvalue weighted by Gasteiger charge is -2.43. The van der Waals surface area contributed by atoms with Gasteiger partial charge in [-0.1, -0.05) is 12.1 Å². The van der Waals surface area contributed by atoms with Crippen LogP contribution in [0, 0.1) is 0 Å². The smallest absolute Gasteiger partial charge is 0.202 e. The van der Waals surface area contributed by atoms with Gasteiger partial charge < -0.3 is 40.8 Å². The number of rotatable bonds is 6. The molecule has 0 amide bonds. The van der Waals surface area contributed by atoms with Crippen molar-refractivity contribution in [3.8, 4) is 17.2 Å². The van der Waals surface area contributed by atoms with Gasteiger partial charge in [-0.3, -0.25) is 14.4 Å². The van der Waals surface area contributed by atoms with Gasteiger partial charge >= 0.3 is 0 Å². The number of ketones is 3.